The Morgan fingerprint density at radius 1 is 1.26 bits per heavy atom. The topological polar surface area (TPSA) is 89.9 Å². The minimum absolute atomic E-state index is 0.00725. The van der Waals surface area contributed by atoms with Crippen LogP contribution in [-0.4, -0.2) is 40.1 Å². The second-order valence-corrected chi connectivity index (χ2v) is 10.6. The van der Waals surface area contributed by atoms with Crippen molar-refractivity contribution in [3.63, 3.8) is 0 Å². The number of carbonyl (C=O) groups is 3. The van der Waals surface area contributed by atoms with Gasteiger partial charge in [0, 0.05) is 30.4 Å². The molecule has 172 valence electrons. The molecule has 0 aromatic rings. The van der Waals surface area contributed by atoms with Crippen molar-refractivity contribution in [2.75, 3.05) is 6.61 Å². The van der Waals surface area contributed by atoms with Crippen LogP contribution < -0.4 is 0 Å². The van der Waals surface area contributed by atoms with E-state index in [9.17, 15) is 14.4 Å². The molecule has 1 saturated carbocycles. The maximum Gasteiger partial charge on any atom is 0.347 e. The Balaban J connectivity index is 1.55. The summed E-state index contributed by atoms with van der Waals surface area (Å²) >= 11 is 13.2. The van der Waals surface area contributed by atoms with E-state index < -0.39 is 28.0 Å². The average molecular weight is 473 g/mol. The number of ether oxygens (including phenoxy) is 2. The van der Waals surface area contributed by atoms with Crippen LogP contribution in [0.25, 0.3) is 0 Å². The van der Waals surface area contributed by atoms with Crippen LogP contribution in [0.5, 0.6) is 0 Å². The molecule has 0 bridgehead atoms. The quantitative estimate of drug-likeness (QED) is 0.299. The first-order valence-corrected chi connectivity index (χ1v) is 11.6. The molecular weight excluding hydrogens is 443 g/mol. The van der Waals surface area contributed by atoms with Gasteiger partial charge in [-0.3, -0.25) is 9.59 Å². The third-order valence-corrected chi connectivity index (χ3v) is 7.37. The molecule has 3 aliphatic rings. The summed E-state index contributed by atoms with van der Waals surface area (Å²) in [7, 11) is 0. The number of hydrogen-bond acceptors (Lipinski definition) is 5. The minimum Gasteiger partial charge on any atom is -0.478 e. The lowest BCUT2D eigenvalue weighted by Crippen LogP contribution is -2.37. The average Bonchev–Trinajstić information content (AvgIpc) is 3.26. The second kappa shape index (κ2) is 8.87. The maximum atomic E-state index is 13.2. The van der Waals surface area contributed by atoms with E-state index in [4.69, 9.17) is 37.8 Å². The molecule has 3 aliphatic carbocycles. The van der Waals surface area contributed by atoms with Crippen molar-refractivity contribution in [1.82, 2.24) is 0 Å². The number of hydrogen-bond donors (Lipinski definition) is 1. The van der Waals surface area contributed by atoms with Crippen LogP contribution in [0.4, 0.5) is 0 Å². The van der Waals surface area contributed by atoms with Gasteiger partial charge in [0.1, 0.15) is 0 Å². The van der Waals surface area contributed by atoms with Gasteiger partial charge >= 0.3 is 11.9 Å². The van der Waals surface area contributed by atoms with Crippen molar-refractivity contribution in [2.24, 2.45) is 11.3 Å². The molecule has 6 nitrogen and oxygen atoms in total. The number of alkyl halides is 1. The molecule has 8 heteroatoms. The van der Waals surface area contributed by atoms with Crippen LogP contribution in [0, 0.1) is 11.3 Å². The summed E-state index contributed by atoms with van der Waals surface area (Å²) in [4.78, 5) is 36.1. The Labute approximate surface area is 192 Å². The predicted molar refractivity (Wildman–Crippen MR) is 117 cm³/mol. The van der Waals surface area contributed by atoms with E-state index in [2.05, 4.69) is 6.92 Å². The lowest BCUT2D eigenvalue weighted by atomic mass is 9.72. The Bertz CT molecular complexity index is 839. The first kappa shape index (κ1) is 24.3. The number of carboxylic acid groups (broad SMARTS) is 1. The van der Waals surface area contributed by atoms with Crippen molar-refractivity contribution in [2.45, 2.75) is 82.8 Å². The highest BCUT2D eigenvalue weighted by atomic mass is 35.5. The molecule has 0 radical (unpaired) electrons. The fourth-order valence-corrected chi connectivity index (χ4v) is 5.71. The van der Waals surface area contributed by atoms with E-state index in [1.165, 1.54) is 13.8 Å². The molecule has 0 aromatic carbocycles. The highest BCUT2D eigenvalue weighted by molar-refractivity contribution is 6.38. The van der Waals surface area contributed by atoms with Gasteiger partial charge in [-0.1, -0.05) is 48.5 Å². The second-order valence-electron chi connectivity index (χ2n) is 9.58. The first-order chi connectivity index (χ1) is 14.4. The minimum atomic E-state index is -1.57. The Kier molecular flexibility index (Phi) is 6.95. The van der Waals surface area contributed by atoms with Crippen molar-refractivity contribution in [3.8, 4) is 0 Å². The summed E-state index contributed by atoms with van der Waals surface area (Å²) in [5.74, 6) is -1.32. The van der Waals surface area contributed by atoms with E-state index in [1.807, 2.05) is 0 Å². The third kappa shape index (κ3) is 5.01. The van der Waals surface area contributed by atoms with Gasteiger partial charge < -0.3 is 14.6 Å². The Hall–Kier alpha value is -1.37. The summed E-state index contributed by atoms with van der Waals surface area (Å²) in [6.45, 7) is 4.86. The van der Waals surface area contributed by atoms with Crippen LogP contribution >= 0.6 is 23.2 Å². The van der Waals surface area contributed by atoms with Crippen LogP contribution in [-0.2, 0) is 23.9 Å². The largest absolute Gasteiger partial charge is 0.478 e. The molecule has 1 fully saturated rings. The molecule has 0 heterocycles. The number of halogens is 2. The molecule has 0 amide bonds. The van der Waals surface area contributed by atoms with Crippen molar-refractivity contribution >= 4 is 40.9 Å². The number of ketones is 1. The molecule has 3 rings (SSSR count). The molecule has 0 aromatic heterocycles. The van der Waals surface area contributed by atoms with Gasteiger partial charge in [0.15, 0.2) is 10.8 Å². The summed E-state index contributed by atoms with van der Waals surface area (Å²) in [5, 5.41) is 8.20. The van der Waals surface area contributed by atoms with Gasteiger partial charge in [-0.2, -0.15) is 0 Å². The van der Waals surface area contributed by atoms with Crippen LogP contribution in [0.2, 0.25) is 0 Å². The first-order valence-electron chi connectivity index (χ1n) is 10.8. The monoisotopic (exact) mass is 472 g/mol. The van der Waals surface area contributed by atoms with Crippen molar-refractivity contribution in [3.05, 3.63) is 22.3 Å². The molecule has 2 unspecified atom stereocenters. The van der Waals surface area contributed by atoms with Gasteiger partial charge in [-0.05, 0) is 51.5 Å². The molecule has 31 heavy (non-hydrogen) atoms. The Morgan fingerprint density at radius 2 is 1.90 bits per heavy atom. The number of Topliss-reactive ketones (excluding diaryl/α,β-unsaturated/α-hetero) is 1. The standard InChI is InChI=1S/C23H30Cl2O6/c1-21(2,20(28)29)31-17(26)9-6-10-30-23(25)12-14-11-22(3,15-7-4-5-8-15)19(27)18(14)16(24)13-23/h13,15H,4-12H2,1-3H3,(H,28,29). The molecular formula is C23H30Cl2O6. The summed E-state index contributed by atoms with van der Waals surface area (Å²) < 4.78 is 10.8. The highest BCUT2D eigenvalue weighted by Crippen LogP contribution is 2.55. The fraction of sp³-hybridized carbons (Fsp3) is 0.696. The number of carboxylic acids is 1. The number of esters is 1. The predicted octanol–water partition coefficient (Wildman–Crippen LogP) is 5.12. The van der Waals surface area contributed by atoms with Crippen LogP contribution in [0.1, 0.15) is 72.1 Å². The summed E-state index contributed by atoms with van der Waals surface area (Å²) in [5.41, 5.74) is -0.437. The van der Waals surface area contributed by atoms with Gasteiger partial charge in [0.05, 0.1) is 5.03 Å². The zero-order valence-electron chi connectivity index (χ0n) is 18.3. The number of rotatable bonds is 8. The van der Waals surface area contributed by atoms with Crippen LogP contribution in [0.15, 0.2) is 22.3 Å². The van der Waals surface area contributed by atoms with Crippen molar-refractivity contribution < 1.29 is 29.0 Å². The van der Waals surface area contributed by atoms with E-state index in [-0.39, 0.29) is 18.8 Å². The van der Waals surface area contributed by atoms with E-state index in [0.717, 1.165) is 31.3 Å². The van der Waals surface area contributed by atoms with Gasteiger partial charge in [0.2, 0.25) is 5.60 Å². The van der Waals surface area contributed by atoms with Gasteiger partial charge in [-0.15, -0.1) is 0 Å². The maximum absolute atomic E-state index is 13.2. The van der Waals surface area contributed by atoms with E-state index >= 15 is 0 Å². The van der Waals surface area contributed by atoms with E-state index in [0.29, 0.717) is 35.8 Å². The zero-order chi connectivity index (χ0) is 23.0. The van der Waals surface area contributed by atoms with E-state index in [1.54, 1.807) is 6.08 Å². The highest BCUT2D eigenvalue weighted by Gasteiger charge is 2.52. The molecule has 0 spiro atoms. The summed E-state index contributed by atoms with van der Waals surface area (Å²) in [6.07, 6.45) is 7.41. The smallest absolute Gasteiger partial charge is 0.347 e. The number of aliphatic carboxylic acids is 1. The van der Waals surface area contributed by atoms with Crippen molar-refractivity contribution in [1.29, 1.82) is 0 Å². The van der Waals surface area contributed by atoms with Gasteiger partial charge in [-0.25, -0.2) is 4.79 Å². The molecule has 0 aliphatic heterocycles. The number of carbonyl (C=O) groups excluding carboxylic acids is 2. The molecule has 2 atom stereocenters. The zero-order valence-corrected chi connectivity index (χ0v) is 19.8. The van der Waals surface area contributed by atoms with Gasteiger partial charge in [0.25, 0.3) is 0 Å². The molecule has 0 saturated heterocycles. The third-order valence-electron chi connectivity index (χ3n) is 6.72. The summed E-state index contributed by atoms with van der Waals surface area (Å²) in [6, 6.07) is 0. The lowest BCUT2D eigenvalue weighted by molar-refractivity contribution is -0.174. The number of allylic oxidation sites excluding steroid dienone is 2. The lowest BCUT2D eigenvalue weighted by Gasteiger charge is -2.30. The Morgan fingerprint density at radius 3 is 2.52 bits per heavy atom. The molecule has 1 N–H and O–H groups in total. The van der Waals surface area contributed by atoms with Crippen LogP contribution in [0.3, 0.4) is 0 Å². The SMILES string of the molecule is CC(C)(OC(=O)CCCOC1(Cl)C=C(Cl)C2=C(C1)CC(C)(C1CCCC1)C2=O)C(=O)O. The fourth-order valence-electron chi connectivity index (χ4n) is 4.91. The normalized spacial score (nSPS) is 29.2.